The Balaban J connectivity index is 1.64. The maximum atomic E-state index is 12.4. The van der Waals surface area contributed by atoms with Gasteiger partial charge in [-0.15, -0.1) is 0 Å². The summed E-state index contributed by atoms with van der Waals surface area (Å²) in [6.07, 6.45) is 1.50. The van der Waals surface area contributed by atoms with Crippen molar-refractivity contribution in [2.24, 2.45) is 5.10 Å². The number of benzene rings is 3. The molecule has 6 nitrogen and oxygen atoms in total. The SMILES string of the molecule is O=C(O)COc1ccc(C=NNC(=O)c2cccc3ccccc23)cc1. The molecule has 0 saturated carbocycles. The van der Waals surface area contributed by atoms with Crippen molar-refractivity contribution in [2.75, 3.05) is 6.61 Å². The van der Waals surface area contributed by atoms with Crippen LogP contribution in [0, 0.1) is 0 Å². The van der Waals surface area contributed by atoms with E-state index in [4.69, 9.17) is 9.84 Å². The summed E-state index contributed by atoms with van der Waals surface area (Å²) >= 11 is 0. The van der Waals surface area contributed by atoms with Crippen molar-refractivity contribution in [3.63, 3.8) is 0 Å². The molecule has 3 aromatic carbocycles. The van der Waals surface area contributed by atoms with E-state index in [1.165, 1.54) is 6.21 Å². The fraction of sp³-hybridized carbons (Fsp3) is 0.0500. The normalized spacial score (nSPS) is 10.8. The van der Waals surface area contributed by atoms with E-state index < -0.39 is 12.6 Å². The largest absolute Gasteiger partial charge is 0.482 e. The number of carbonyl (C=O) groups is 2. The third-order valence-corrected chi connectivity index (χ3v) is 3.66. The molecule has 6 heteroatoms. The summed E-state index contributed by atoms with van der Waals surface area (Å²) in [6.45, 7) is -0.394. The van der Waals surface area contributed by atoms with E-state index >= 15 is 0 Å². The molecule has 0 radical (unpaired) electrons. The van der Waals surface area contributed by atoms with Gasteiger partial charge in [0.1, 0.15) is 5.75 Å². The fourth-order valence-corrected chi connectivity index (χ4v) is 2.44. The lowest BCUT2D eigenvalue weighted by molar-refractivity contribution is -0.139. The zero-order valence-electron chi connectivity index (χ0n) is 13.8. The summed E-state index contributed by atoms with van der Waals surface area (Å²) in [4.78, 5) is 22.8. The number of ether oxygens (including phenoxy) is 1. The minimum atomic E-state index is -1.04. The molecular formula is C20H16N2O4. The Morgan fingerprint density at radius 1 is 1.00 bits per heavy atom. The van der Waals surface area contributed by atoms with Crippen molar-refractivity contribution in [2.45, 2.75) is 0 Å². The average Bonchev–Trinajstić information content (AvgIpc) is 2.66. The van der Waals surface area contributed by atoms with E-state index in [9.17, 15) is 9.59 Å². The van der Waals surface area contributed by atoms with Crippen LogP contribution >= 0.6 is 0 Å². The number of carboxylic acid groups (broad SMARTS) is 1. The summed E-state index contributed by atoms with van der Waals surface area (Å²) in [5.74, 6) is -0.879. The molecule has 0 aliphatic carbocycles. The van der Waals surface area contributed by atoms with E-state index in [1.807, 2.05) is 36.4 Å². The number of hydrogen-bond donors (Lipinski definition) is 2. The summed E-state index contributed by atoms with van der Waals surface area (Å²) in [5.41, 5.74) is 3.81. The highest BCUT2D eigenvalue weighted by molar-refractivity contribution is 6.07. The standard InChI is InChI=1S/C20H16N2O4/c23-19(24)13-26-16-10-8-14(9-11-16)12-21-22-20(25)18-7-3-5-15-4-1-2-6-17(15)18/h1-12H,13H2,(H,22,25)(H,23,24). The number of aliphatic carboxylic acids is 1. The Hall–Kier alpha value is -3.67. The zero-order valence-corrected chi connectivity index (χ0v) is 13.8. The van der Waals surface area contributed by atoms with Crippen LogP contribution in [0.1, 0.15) is 15.9 Å². The highest BCUT2D eigenvalue weighted by atomic mass is 16.5. The molecule has 0 aliphatic rings. The number of amides is 1. The summed E-state index contributed by atoms with van der Waals surface area (Å²) in [7, 11) is 0. The summed E-state index contributed by atoms with van der Waals surface area (Å²) in [6, 6.07) is 19.9. The van der Waals surface area contributed by atoms with Crippen LogP contribution in [0.25, 0.3) is 10.8 Å². The van der Waals surface area contributed by atoms with E-state index in [-0.39, 0.29) is 5.91 Å². The summed E-state index contributed by atoms with van der Waals surface area (Å²) < 4.78 is 5.05. The second kappa shape index (κ2) is 7.94. The topological polar surface area (TPSA) is 88.0 Å². The Kier molecular flexibility index (Phi) is 5.24. The monoisotopic (exact) mass is 348 g/mol. The van der Waals surface area contributed by atoms with Crippen LogP contribution in [-0.4, -0.2) is 29.8 Å². The number of hydrogen-bond acceptors (Lipinski definition) is 4. The number of carbonyl (C=O) groups excluding carboxylic acids is 1. The molecule has 0 heterocycles. The number of rotatable bonds is 6. The first-order valence-corrected chi connectivity index (χ1v) is 7.89. The molecule has 130 valence electrons. The van der Waals surface area contributed by atoms with Crippen molar-refractivity contribution in [3.8, 4) is 5.75 Å². The molecule has 0 fully saturated rings. The fourth-order valence-electron chi connectivity index (χ4n) is 2.44. The van der Waals surface area contributed by atoms with Crippen LogP contribution in [0.2, 0.25) is 0 Å². The van der Waals surface area contributed by atoms with Gasteiger partial charge in [0.15, 0.2) is 6.61 Å². The average molecular weight is 348 g/mol. The van der Waals surface area contributed by atoms with E-state index in [0.29, 0.717) is 11.3 Å². The van der Waals surface area contributed by atoms with E-state index in [1.54, 1.807) is 30.3 Å². The quantitative estimate of drug-likeness (QED) is 0.529. The van der Waals surface area contributed by atoms with Crippen molar-refractivity contribution < 1.29 is 19.4 Å². The third-order valence-electron chi connectivity index (χ3n) is 3.66. The summed E-state index contributed by atoms with van der Waals surface area (Å²) in [5, 5.41) is 14.4. The van der Waals surface area contributed by atoms with Crippen LogP contribution in [0.15, 0.2) is 71.8 Å². The van der Waals surface area contributed by atoms with Gasteiger partial charge in [0.2, 0.25) is 0 Å². The van der Waals surface area contributed by atoms with Gasteiger partial charge in [0.25, 0.3) is 5.91 Å². The molecule has 0 unspecified atom stereocenters. The van der Waals surface area contributed by atoms with Crippen LogP contribution in [0.3, 0.4) is 0 Å². The Labute approximate surface area is 149 Å². The molecule has 0 atom stereocenters. The predicted octanol–water partition coefficient (Wildman–Crippen LogP) is 3.07. The number of carboxylic acids is 1. The second-order valence-corrected chi connectivity index (χ2v) is 5.48. The van der Waals surface area contributed by atoms with Gasteiger partial charge >= 0.3 is 5.97 Å². The maximum Gasteiger partial charge on any atom is 0.341 e. The molecule has 1 amide bonds. The number of fused-ring (bicyclic) bond motifs is 1. The lowest BCUT2D eigenvalue weighted by atomic mass is 10.0. The molecule has 0 aromatic heterocycles. The van der Waals surface area contributed by atoms with E-state index in [0.717, 1.165) is 16.3 Å². The van der Waals surface area contributed by atoms with Crippen LogP contribution < -0.4 is 10.2 Å². The number of hydrazone groups is 1. The van der Waals surface area contributed by atoms with E-state index in [2.05, 4.69) is 10.5 Å². The van der Waals surface area contributed by atoms with Crippen LogP contribution in [0.4, 0.5) is 0 Å². The minimum absolute atomic E-state index is 0.292. The van der Waals surface area contributed by atoms with Gasteiger partial charge in [-0.1, -0.05) is 36.4 Å². The third kappa shape index (κ3) is 4.24. The molecule has 2 N–H and O–H groups in total. The van der Waals surface area contributed by atoms with Crippen LogP contribution in [0.5, 0.6) is 5.75 Å². The van der Waals surface area contributed by atoms with Crippen molar-refractivity contribution >= 4 is 28.9 Å². The maximum absolute atomic E-state index is 12.4. The first-order valence-electron chi connectivity index (χ1n) is 7.89. The molecule has 0 saturated heterocycles. The lowest BCUT2D eigenvalue weighted by Gasteiger charge is -2.05. The zero-order chi connectivity index (χ0) is 18.4. The second-order valence-electron chi connectivity index (χ2n) is 5.48. The highest BCUT2D eigenvalue weighted by Gasteiger charge is 2.08. The Morgan fingerprint density at radius 2 is 1.73 bits per heavy atom. The first-order chi connectivity index (χ1) is 12.6. The Bertz CT molecular complexity index is 960. The van der Waals surface area contributed by atoms with Gasteiger partial charge in [-0.05, 0) is 46.7 Å². The first kappa shape index (κ1) is 17.2. The molecule has 3 aromatic rings. The van der Waals surface area contributed by atoms with Gasteiger partial charge in [0, 0.05) is 5.56 Å². The van der Waals surface area contributed by atoms with Gasteiger partial charge in [-0.3, -0.25) is 4.79 Å². The lowest BCUT2D eigenvalue weighted by Crippen LogP contribution is -2.17. The molecule has 0 spiro atoms. The van der Waals surface area contributed by atoms with Gasteiger partial charge in [-0.2, -0.15) is 5.10 Å². The highest BCUT2D eigenvalue weighted by Crippen LogP contribution is 2.18. The van der Waals surface area contributed by atoms with Crippen molar-refractivity contribution in [3.05, 3.63) is 77.9 Å². The van der Waals surface area contributed by atoms with Crippen molar-refractivity contribution in [1.82, 2.24) is 5.43 Å². The van der Waals surface area contributed by atoms with Gasteiger partial charge < -0.3 is 9.84 Å². The molecular weight excluding hydrogens is 332 g/mol. The van der Waals surface area contributed by atoms with Crippen LogP contribution in [-0.2, 0) is 4.79 Å². The molecule has 0 bridgehead atoms. The minimum Gasteiger partial charge on any atom is -0.482 e. The van der Waals surface area contributed by atoms with Gasteiger partial charge in [0.05, 0.1) is 6.21 Å². The number of nitrogens with zero attached hydrogens (tertiary/aromatic N) is 1. The predicted molar refractivity (Wildman–Crippen MR) is 98.6 cm³/mol. The molecule has 3 rings (SSSR count). The smallest absolute Gasteiger partial charge is 0.341 e. The van der Waals surface area contributed by atoms with Gasteiger partial charge in [-0.25, -0.2) is 10.2 Å². The number of nitrogens with one attached hydrogen (secondary N) is 1. The van der Waals surface area contributed by atoms with Crippen molar-refractivity contribution in [1.29, 1.82) is 0 Å². The molecule has 26 heavy (non-hydrogen) atoms. The molecule has 0 aliphatic heterocycles. The Morgan fingerprint density at radius 3 is 2.50 bits per heavy atom.